The Bertz CT molecular complexity index is 1730. The lowest BCUT2D eigenvalue weighted by Crippen LogP contribution is -2.44. The van der Waals surface area contributed by atoms with Crippen LogP contribution in [0.25, 0.3) is 21.3 Å². The van der Waals surface area contributed by atoms with Crippen LogP contribution in [0, 0.1) is 5.41 Å². The summed E-state index contributed by atoms with van der Waals surface area (Å²) in [6.45, 7) is 6.92. The van der Waals surface area contributed by atoms with Crippen molar-refractivity contribution in [3.63, 3.8) is 0 Å². The third-order valence-electron chi connectivity index (χ3n) is 7.69. The number of alkyl halides is 3. The molecule has 46 heavy (non-hydrogen) atoms. The quantitative estimate of drug-likeness (QED) is 0.198. The van der Waals surface area contributed by atoms with Crippen LogP contribution in [0.4, 0.5) is 13.2 Å². The van der Waals surface area contributed by atoms with E-state index in [4.69, 9.17) is 27.7 Å². The minimum absolute atomic E-state index is 0.0174. The van der Waals surface area contributed by atoms with Gasteiger partial charge in [0.2, 0.25) is 21.7 Å². The van der Waals surface area contributed by atoms with Crippen LogP contribution in [0.15, 0.2) is 21.6 Å². The number of thiazole rings is 1. The van der Waals surface area contributed by atoms with E-state index >= 15 is 0 Å². The standard InChI is InChI=1S/C28H32Cl2F3N5O6S2/c1-5-18(28(31,32)33)37-46(42,43)17-10-9-15(20(29)21(17)30)23-22(16(39)13-38-11-7-6-8-14(38)2)35-25(45-23)24-34-19(44-36-24)12-27(3,4)26(40)41/h9-10,14,18,37H,5-8,11-13H2,1-4H3,(H,40,41)/t14-,18-/m0/s1. The number of likely N-dealkylation sites (tertiary alicyclic amines) is 1. The number of aromatic nitrogens is 3. The summed E-state index contributed by atoms with van der Waals surface area (Å²) >= 11 is 13.9. The Balaban J connectivity index is 1.77. The van der Waals surface area contributed by atoms with Gasteiger partial charge >= 0.3 is 12.1 Å². The molecular formula is C28H32Cl2F3N5O6S2. The van der Waals surface area contributed by atoms with Crippen molar-refractivity contribution in [1.29, 1.82) is 0 Å². The summed E-state index contributed by atoms with van der Waals surface area (Å²) in [7, 11) is -4.76. The van der Waals surface area contributed by atoms with Gasteiger partial charge in [-0.05, 0) is 52.6 Å². The average Bonchev–Trinajstić information content (AvgIpc) is 3.61. The van der Waals surface area contributed by atoms with Gasteiger partial charge < -0.3 is 9.63 Å². The zero-order valence-corrected chi connectivity index (χ0v) is 28.4. The van der Waals surface area contributed by atoms with Gasteiger partial charge in [0.1, 0.15) is 16.6 Å². The van der Waals surface area contributed by atoms with Gasteiger partial charge in [0, 0.05) is 18.0 Å². The van der Waals surface area contributed by atoms with Crippen LogP contribution in [-0.2, 0) is 21.2 Å². The molecule has 0 amide bonds. The van der Waals surface area contributed by atoms with Crippen molar-refractivity contribution in [2.24, 2.45) is 5.41 Å². The number of sulfonamides is 1. The fourth-order valence-corrected chi connectivity index (χ4v) is 8.12. The maximum Gasteiger partial charge on any atom is 0.404 e. The van der Waals surface area contributed by atoms with Crippen molar-refractivity contribution in [2.45, 2.75) is 83.0 Å². The Kier molecular flexibility index (Phi) is 10.9. The summed E-state index contributed by atoms with van der Waals surface area (Å²) in [4.78, 5) is 35.6. The Morgan fingerprint density at radius 3 is 2.50 bits per heavy atom. The number of Topliss-reactive ketones (excluding diaryl/α,β-unsaturated/α-hetero) is 1. The summed E-state index contributed by atoms with van der Waals surface area (Å²) in [5.74, 6) is -1.43. The highest BCUT2D eigenvalue weighted by Crippen LogP contribution is 2.43. The highest BCUT2D eigenvalue weighted by atomic mass is 35.5. The molecule has 1 aliphatic heterocycles. The third-order valence-corrected chi connectivity index (χ3v) is 11.3. The number of carboxylic acids is 1. The minimum Gasteiger partial charge on any atom is -0.481 e. The van der Waals surface area contributed by atoms with Crippen molar-refractivity contribution < 1.29 is 40.8 Å². The molecule has 0 bridgehead atoms. The molecule has 0 unspecified atom stereocenters. The van der Waals surface area contributed by atoms with E-state index in [0.29, 0.717) is 6.54 Å². The summed E-state index contributed by atoms with van der Waals surface area (Å²) in [6, 6.07) is 0.0514. The molecule has 3 aromatic rings. The van der Waals surface area contributed by atoms with E-state index in [1.54, 1.807) is 4.72 Å². The number of nitrogens with zero attached hydrogens (tertiary/aromatic N) is 4. The van der Waals surface area contributed by atoms with Gasteiger partial charge in [0.25, 0.3) is 0 Å². The van der Waals surface area contributed by atoms with E-state index in [0.717, 1.165) is 36.7 Å². The molecule has 4 rings (SSSR count). The second kappa shape index (κ2) is 13.8. The largest absolute Gasteiger partial charge is 0.481 e. The number of rotatable bonds is 12. The van der Waals surface area contributed by atoms with Gasteiger partial charge in [0.05, 0.1) is 26.9 Å². The van der Waals surface area contributed by atoms with Crippen molar-refractivity contribution in [3.05, 3.63) is 33.8 Å². The number of carbonyl (C=O) groups is 2. The van der Waals surface area contributed by atoms with E-state index in [9.17, 15) is 36.3 Å². The summed E-state index contributed by atoms with van der Waals surface area (Å²) in [6.07, 6.45) is -2.59. The molecule has 3 heterocycles. The van der Waals surface area contributed by atoms with E-state index in [2.05, 4.69) is 15.1 Å². The van der Waals surface area contributed by atoms with E-state index in [1.807, 2.05) is 11.8 Å². The van der Waals surface area contributed by atoms with Crippen molar-refractivity contribution >= 4 is 56.3 Å². The second-order valence-corrected chi connectivity index (χ2v) is 15.1. The number of benzene rings is 1. The van der Waals surface area contributed by atoms with Crippen molar-refractivity contribution in [3.8, 4) is 21.3 Å². The molecule has 1 aliphatic rings. The minimum atomic E-state index is -4.84. The van der Waals surface area contributed by atoms with Gasteiger partial charge in [-0.2, -0.15) is 22.9 Å². The number of hydrogen-bond acceptors (Lipinski definition) is 10. The number of aliphatic carboxylic acids is 1. The number of halogens is 5. The lowest BCUT2D eigenvalue weighted by Gasteiger charge is -2.32. The Morgan fingerprint density at radius 1 is 1.20 bits per heavy atom. The molecule has 18 heteroatoms. The molecule has 0 radical (unpaired) electrons. The van der Waals surface area contributed by atoms with Crippen LogP contribution < -0.4 is 4.72 Å². The highest BCUT2D eigenvalue weighted by molar-refractivity contribution is 7.89. The first-order valence-electron chi connectivity index (χ1n) is 14.3. The summed E-state index contributed by atoms with van der Waals surface area (Å²) in [5.41, 5.74) is -1.12. The van der Waals surface area contributed by atoms with Gasteiger partial charge in [0.15, 0.2) is 10.8 Å². The predicted octanol–water partition coefficient (Wildman–Crippen LogP) is 6.50. The monoisotopic (exact) mass is 725 g/mol. The van der Waals surface area contributed by atoms with E-state index < -0.39 is 50.0 Å². The highest BCUT2D eigenvalue weighted by Gasteiger charge is 2.41. The fourth-order valence-electron chi connectivity index (χ4n) is 4.85. The molecule has 1 saturated heterocycles. The molecule has 252 valence electrons. The number of hydrogen-bond donors (Lipinski definition) is 2. The Hall–Kier alpha value is -2.63. The van der Waals surface area contributed by atoms with Crippen LogP contribution in [0.5, 0.6) is 0 Å². The van der Waals surface area contributed by atoms with Gasteiger partial charge in [-0.15, -0.1) is 11.3 Å². The van der Waals surface area contributed by atoms with Crippen molar-refractivity contribution in [1.82, 2.24) is 24.7 Å². The molecule has 11 nitrogen and oxygen atoms in total. The second-order valence-electron chi connectivity index (χ2n) is 11.7. The van der Waals surface area contributed by atoms with Crippen LogP contribution >= 0.6 is 34.5 Å². The number of carboxylic acid groups (broad SMARTS) is 1. The fraction of sp³-hybridized carbons (Fsp3) is 0.536. The number of ketones is 1. The summed E-state index contributed by atoms with van der Waals surface area (Å²) in [5, 5.41) is 12.6. The maximum absolute atomic E-state index is 13.7. The molecule has 2 N–H and O–H groups in total. The molecule has 0 aliphatic carbocycles. The topological polar surface area (TPSA) is 156 Å². The lowest BCUT2D eigenvalue weighted by atomic mass is 9.90. The van der Waals surface area contributed by atoms with E-state index in [-0.39, 0.29) is 62.7 Å². The first-order valence-corrected chi connectivity index (χ1v) is 17.3. The summed E-state index contributed by atoms with van der Waals surface area (Å²) < 4.78 is 72.8. The number of carbonyl (C=O) groups excluding carboxylic acids is 1. The molecule has 0 saturated carbocycles. The Morgan fingerprint density at radius 2 is 1.89 bits per heavy atom. The van der Waals surface area contributed by atoms with Crippen LogP contribution in [0.3, 0.4) is 0 Å². The zero-order chi connectivity index (χ0) is 34.2. The zero-order valence-electron chi connectivity index (χ0n) is 25.2. The first-order chi connectivity index (χ1) is 21.4. The molecule has 0 spiro atoms. The SMILES string of the molecule is CC[C@H](NS(=O)(=O)c1ccc(-c2sc(-c3noc(CC(C)(C)C(=O)O)n3)nc2C(=O)CN2CCCC[C@@H]2C)c(Cl)c1Cl)C(F)(F)F. The van der Waals surface area contributed by atoms with Crippen LogP contribution in [0.2, 0.25) is 10.0 Å². The van der Waals surface area contributed by atoms with Gasteiger partial charge in [-0.25, -0.2) is 13.4 Å². The lowest BCUT2D eigenvalue weighted by molar-refractivity contribution is -0.151. The first kappa shape index (κ1) is 36.2. The third kappa shape index (κ3) is 7.90. The number of nitrogens with one attached hydrogen (secondary N) is 1. The maximum atomic E-state index is 13.7. The van der Waals surface area contributed by atoms with Gasteiger partial charge in [-0.3, -0.25) is 14.5 Å². The molecular weight excluding hydrogens is 694 g/mol. The molecule has 1 aromatic carbocycles. The average molecular weight is 727 g/mol. The number of piperidine rings is 1. The molecule has 1 fully saturated rings. The van der Waals surface area contributed by atoms with Crippen LogP contribution in [-0.4, -0.2) is 76.7 Å². The molecule has 2 atom stereocenters. The van der Waals surface area contributed by atoms with Crippen LogP contribution in [0.1, 0.15) is 69.8 Å². The van der Waals surface area contributed by atoms with Gasteiger partial charge in [-0.1, -0.05) is 47.8 Å². The predicted molar refractivity (Wildman–Crippen MR) is 166 cm³/mol. The van der Waals surface area contributed by atoms with E-state index in [1.165, 1.54) is 26.8 Å². The smallest absolute Gasteiger partial charge is 0.404 e. The van der Waals surface area contributed by atoms with Crippen molar-refractivity contribution in [2.75, 3.05) is 13.1 Å². The Labute approximate surface area is 277 Å². The normalized spacial score (nSPS) is 17.3. The molecule has 2 aromatic heterocycles.